The number of hydrogen-bond donors (Lipinski definition) is 1. The van der Waals surface area contributed by atoms with Crippen molar-refractivity contribution in [3.05, 3.63) is 52.8 Å². The van der Waals surface area contributed by atoms with Gasteiger partial charge in [0.25, 0.3) is 5.91 Å². The number of nitrogens with one attached hydrogen (secondary N) is 1. The third kappa shape index (κ3) is 5.50. The number of carbonyl (C=O) groups excluding carboxylic acids is 2. The molecule has 2 aromatic carbocycles. The number of hydrogen-bond acceptors (Lipinski definition) is 6. The average Bonchev–Trinajstić information content (AvgIpc) is 3.09. The molecule has 2 amide bonds. The Morgan fingerprint density at radius 3 is 2.47 bits per heavy atom. The number of aromatic nitrogens is 1. The lowest BCUT2D eigenvalue weighted by molar-refractivity contribution is -0.114. The Morgan fingerprint density at radius 2 is 1.84 bits per heavy atom. The topological polar surface area (TPSA) is 107 Å². The Bertz CT molecular complexity index is 1310. The van der Waals surface area contributed by atoms with Gasteiger partial charge in [-0.1, -0.05) is 18.3 Å². The fraction of sp³-hybridized carbons (Fsp3) is 0.318. The number of ether oxygens (including phenoxy) is 1. The highest BCUT2D eigenvalue weighted by Gasteiger charge is 2.14. The molecule has 10 heteroatoms. The highest BCUT2D eigenvalue weighted by Crippen LogP contribution is 2.22. The second-order valence-electron chi connectivity index (χ2n) is 6.94. The zero-order valence-corrected chi connectivity index (χ0v) is 19.8. The van der Waals surface area contributed by atoms with Crippen LogP contribution >= 0.6 is 11.3 Å². The zero-order chi connectivity index (χ0) is 23.3. The molecular weight excluding hydrogens is 450 g/mol. The summed E-state index contributed by atoms with van der Waals surface area (Å²) in [5, 5.41) is 2.75. The molecule has 0 saturated heterocycles. The van der Waals surface area contributed by atoms with E-state index in [0.717, 1.165) is 10.2 Å². The Kier molecular flexibility index (Phi) is 7.60. The molecule has 8 nitrogen and oxygen atoms in total. The van der Waals surface area contributed by atoms with Gasteiger partial charge in [-0.15, -0.1) is 0 Å². The summed E-state index contributed by atoms with van der Waals surface area (Å²) < 4.78 is 32.2. The van der Waals surface area contributed by atoms with Crippen LogP contribution in [0.3, 0.4) is 0 Å². The second-order valence-corrected chi connectivity index (χ2v) is 10.2. The molecule has 1 heterocycles. The van der Waals surface area contributed by atoms with Gasteiger partial charge in [0.1, 0.15) is 0 Å². The normalized spacial score (nSPS) is 12.3. The van der Waals surface area contributed by atoms with Crippen LogP contribution in [0.2, 0.25) is 0 Å². The molecule has 0 aliphatic carbocycles. The van der Waals surface area contributed by atoms with Crippen LogP contribution in [0.25, 0.3) is 10.2 Å². The van der Waals surface area contributed by atoms with Crippen molar-refractivity contribution in [2.45, 2.75) is 32.2 Å². The van der Waals surface area contributed by atoms with Crippen molar-refractivity contribution in [2.24, 2.45) is 4.99 Å². The number of sulfone groups is 1. The first-order chi connectivity index (χ1) is 15.2. The largest absolute Gasteiger partial charge is 0.380 e. The van der Waals surface area contributed by atoms with Gasteiger partial charge in [0.15, 0.2) is 14.6 Å². The summed E-state index contributed by atoms with van der Waals surface area (Å²) in [6, 6.07) is 11.3. The summed E-state index contributed by atoms with van der Waals surface area (Å²) in [6.07, 6.45) is 0. The van der Waals surface area contributed by atoms with Crippen molar-refractivity contribution >= 4 is 48.9 Å². The summed E-state index contributed by atoms with van der Waals surface area (Å²) in [5.74, 6) is -0.643. The lowest BCUT2D eigenvalue weighted by Gasteiger charge is -2.06. The molecule has 170 valence electrons. The number of anilines is 1. The summed E-state index contributed by atoms with van der Waals surface area (Å²) in [6.45, 7) is 6.47. The SMILES string of the molecule is CCOCCn1c(=NC(=O)c2ccc(S(=O)(=O)CC)cc2)sc2cc(NC(C)=O)ccc21. The van der Waals surface area contributed by atoms with E-state index in [4.69, 9.17) is 4.74 Å². The first-order valence-corrected chi connectivity index (χ1v) is 12.6. The van der Waals surface area contributed by atoms with E-state index in [0.29, 0.717) is 35.8 Å². The number of carbonyl (C=O) groups is 2. The maximum Gasteiger partial charge on any atom is 0.279 e. The van der Waals surface area contributed by atoms with Crippen molar-refractivity contribution in [1.82, 2.24) is 4.57 Å². The zero-order valence-electron chi connectivity index (χ0n) is 18.1. The molecule has 32 heavy (non-hydrogen) atoms. The standard InChI is InChI=1S/C22H25N3O5S2/c1-4-30-13-12-25-19-11-8-17(23-15(3)26)14-20(19)31-22(25)24-21(27)16-6-9-18(10-7-16)32(28,29)5-2/h6-11,14H,4-5,12-13H2,1-3H3,(H,23,26). The molecule has 0 bridgehead atoms. The number of rotatable bonds is 8. The highest BCUT2D eigenvalue weighted by molar-refractivity contribution is 7.91. The van der Waals surface area contributed by atoms with E-state index in [1.54, 1.807) is 13.0 Å². The van der Waals surface area contributed by atoms with Crippen molar-refractivity contribution in [3.63, 3.8) is 0 Å². The van der Waals surface area contributed by atoms with Gasteiger partial charge in [-0.05, 0) is 49.4 Å². The molecule has 0 atom stereocenters. The van der Waals surface area contributed by atoms with Crippen molar-refractivity contribution in [3.8, 4) is 0 Å². The molecular formula is C22H25N3O5S2. The van der Waals surface area contributed by atoms with Crippen molar-refractivity contribution < 1.29 is 22.7 Å². The number of nitrogens with zero attached hydrogens (tertiary/aromatic N) is 2. The van der Waals surface area contributed by atoms with Crippen LogP contribution < -0.4 is 10.1 Å². The van der Waals surface area contributed by atoms with E-state index in [-0.39, 0.29) is 16.6 Å². The van der Waals surface area contributed by atoms with Crippen LogP contribution in [0.4, 0.5) is 5.69 Å². The smallest absolute Gasteiger partial charge is 0.279 e. The van der Waals surface area contributed by atoms with Crippen LogP contribution in [0.15, 0.2) is 52.4 Å². The summed E-state index contributed by atoms with van der Waals surface area (Å²) in [7, 11) is -3.34. The van der Waals surface area contributed by atoms with Gasteiger partial charge < -0.3 is 14.6 Å². The van der Waals surface area contributed by atoms with Crippen LogP contribution in [-0.2, 0) is 25.9 Å². The van der Waals surface area contributed by atoms with Gasteiger partial charge >= 0.3 is 0 Å². The third-order valence-corrected chi connectivity index (χ3v) is 7.50. The molecule has 3 rings (SSSR count). The first kappa shape index (κ1) is 23.8. The predicted octanol–water partition coefficient (Wildman–Crippen LogP) is 3.23. The Morgan fingerprint density at radius 1 is 1.12 bits per heavy atom. The van der Waals surface area contributed by atoms with Crippen LogP contribution in [0.1, 0.15) is 31.1 Å². The minimum atomic E-state index is -3.34. The van der Waals surface area contributed by atoms with E-state index < -0.39 is 15.7 Å². The van der Waals surface area contributed by atoms with Crippen LogP contribution in [0, 0.1) is 0 Å². The van der Waals surface area contributed by atoms with Gasteiger partial charge in [0.05, 0.1) is 27.5 Å². The average molecular weight is 476 g/mol. The van der Waals surface area contributed by atoms with Gasteiger partial charge in [-0.25, -0.2) is 8.42 Å². The van der Waals surface area contributed by atoms with E-state index in [1.165, 1.54) is 42.5 Å². The Hall–Kier alpha value is -2.82. The molecule has 0 spiro atoms. The fourth-order valence-electron chi connectivity index (χ4n) is 3.08. The predicted molar refractivity (Wildman–Crippen MR) is 125 cm³/mol. The molecule has 1 N–H and O–H groups in total. The van der Waals surface area contributed by atoms with Gasteiger partial charge in [-0.3, -0.25) is 9.59 Å². The fourth-order valence-corrected chi connectivity index (χ4v) is 5.06. The summed E-state index contributed by atoms with van der Waals surface area (Å²) in [4.78, 5) is 29.1. The lowest BCUT2D eigenvalue weighted by Crippen LogP contribution is -2.19. The minimum Gasteiger partial charge on any atom is -0.380 e. The third-order valence-electron chi connectivity index (χ3n) is 4.70. The lowest BCUT2D eigenvalue weighted by atomic mass is 10.2. The number of fused-ring (bicyclic) bond motifs is 1. The summed E-state index contributed by atoms with van der Waals surface area (Å²) in [5.41, 5.74) is 1.83. The van der Waals surface area contributed by atoms with E-state index in [2.05, 4.69) is 10.3 Å². The molecule has 3 aromatic rings. The molecule has 0 aliphatic heterocycles. The molecule has 0 fully saturated rings. The molecule has 0 unspecified atom stereocenters. The highest BCUT2D eigenvalue weighted by atomic mass is 32.2. The number of benzene rings is 2. The number of thiazole rings is 1. The molecule has 0 saturated carbocycles. The Balaban J connectivity index is 2.01. The number of amides is 2. The van der Waals surface area contributed by atoms with Crippen LogP contribution in [-0.4, -0.2) is 43.8 Å². The quantitative estimate of drug-likeness (QED) is 0.504. The maximum absolute atomic E-state index is 12.8. The van der Waals surface area contributed by atoms with Crippen LogP contribution in [0.5, 0.6) is 0 Å². The monoisotopic (exact) mass is 475 g/mol. The minimum absolute atomic E-state index is 0.00719. The van der Waals surface area contributed by atoms with Gasteiger partial charge in [-0.2, -0.15) is 4.99 Å². The van der Waals surface area contributed by atoms with Crippen molar-refractivity contribution in [1.29, 1.82) is 0 Å². The van der Waals surface area contributed by atoms with Gasteiger partial charge in [0.2, 0.25) is 5.91 Å². The van der Waals surface area contributed by atoms with E-state index >= 15 is 0 Å². The Labute approximate surface area is 190 Å². The van der Waals surface area contributed by atoms with E-state index in [1.807, 2.05) is 23.6 Å². The van der Waals surface area contributed by atoms with Crippen molar-refractivity contribution in [2.75, 3.05) is 24.3 Å². The molecule has 1 aromatic heterocycles. The molecule has 0 aliphatic rings. The first-order valence-electron chi connectivity index (χ1n) is 10.2. The maximum atomic E-state index is 12.8. The molecule has 0 radical (unpaired) electrons. The van der Waals surface area contributed by atoms with Gasteiger partial charge in [0, 0.05) is 31.3 Å². The second kappa shape index (κ2) is 10.2. The van der Waals surface area contributed by atoms with E-state index in [9.17, 15) is 18.0 Å². The summed E-state index contributed by atoms with van der Waals surface area (Å²) >= 11 is 1.33.